The summed E-state index contributed by atoms with van der Waals surface area (Å²) in [6.45, 7) is 13.2. The first-order valence-electron chi connectivity index (χ1n) is 18.7. The molecule has 0 spiro atoms. The molecule has 6 rings (SSSR count). The van der Waals surface area contributed by atoms with Gasteiger partial charge in [-0.15, -0.1) is 11.8 Å². The standard InChI is InChI=1S/C51H49NS2/c1-5-7-9-11-20-35-52-48-31-16-15-28-45(48)46-33-32-42(38-49(46)52)44-29-23-30-47-50(44)54-37-22-18-27-43(41-25-13-12-14-26-41)40(4)51(47,34-19-10-8-6-2)39(3)24-17-21-36-53/h5-22,24-29,31-36,38,40,53H,2-3,23,30,37H2,1,4H3/b7-5-,10-8-,11-9-,22-18-,24-17-,34-19-,35-20?,36-21-,43-27+. The second kappa shape index (κ2) is 18.7. The van der Waals surface area contributed by atoms with Crippen molar-refractivity contribution in [3.05, 3.63) is 222 Å². The van der Waals surface area contributed by atoms with Crippen molar-refractivity contribution in [2.75, 3.05) is 5.75 Å². The molecule has 3 heteroatoms. The number of hydrogen-bond donors (Lipinski definition) is 1. The zero-order valence-corrected chi connectivity index (χ0v) is 33.0. The lowest BCUT2D eigenvalue weighted by Crippen LogP contribution is -2.33. The summed E-state index contributed by atoms with van der Waals surface area (Å²) in [5.74, 6) is 0.900. The highest BCUT2D eigenvalue weighted by atomic mass is 32.2. The van der Waals surface area contributed by atoms with Gasteiger partial charge in [-0.1, -0.05) is 178 Å². The van der Waals surface area contributed by atoms with Gasteiger partial charge in [-0.05, 0) is 82.7 Å². The number of fused-ring (bicyclic) bond motifs is 3. The summed E-state index contributed by atoms with van der Waals surface area (Å²) in [5, 5.41) is 4.26. The van der Waals surface area contributed by atoms with Gasteiger partial charge in [-0.2, -0.15) is 12.6 Å². The minimum absolute atomic E-state index is 0.0452. The zero-order valence-electron chi connectivity index (χ0n) is 31.3. The maximum absolute atomic E-state index is 4.87. The number of hydrogen-bond acceptors (Lipinski definition) is 2. The van der Waals surface area contributed by atoms with Crippen molar-refractivity contribution in [3.8, 4) is 0 Å². The number of nitrogens with zero attached hydrogens (tertiary/aromatic N) is 1. The predicted molar refractivity (Wildman–Crippen MR) is 245 cm³/mol. The Labute approximate surface area is 332 Å². The molecular weight excluding hydrogens is 691 g/mol. The molecule has 2 atom stereocenters. The molecule has 1 aromatic heterocycles. The molecule has 0 radical (unpaired) electrons. The molecule has 0 amide bonds. The molecule has 2 aliphatic rings. The van der Waals surface area contributed by atoms with Gasteiger partial charge in [0.1, 0.15) is 0 Å². The molecule has 0 N–H and O–H groups in total. The number of benzene rings is 3. The van der Waals surface area contributed by atoms with Gasteiger partial charge in [0, 0.05) is 33.0 Å². The molecule has 3 aromatic carbocycles. The Morgan fingerprint density at radius 2 is 1.63 bits per heavy atom. The number of para-hydroxylation sites is 1. The second-order valence-electron chi connectivity index (χ2n) is 13.4. The van der Waals surface area contributed by atoms with Crippen molar-refractivity contribution in [3.63, 3.8) is 0 Å². The van der Waals surface area contributed by atoms with Crippen LogP contribution in [0.4, 0.5) is 0 Å². The van der Waals surface area contributed by atoms with Crippen LogP contribution in [0, 0.1) is 11.3 Å². The van der Waals surface area contributed by atoms with E-state index in [1.54, 1.807) is 5.41 Å². The van der Waals surface area contributed by atoms with Crippen molar-refractivity contribution in [2.45, 2.75) is 26.7 Å². The summed E-state index contributed by atoms with van der Waals surface area (Å²) < 4.78 is 2.33. The van der Waals surface area contributed by atoms with Crippen molar-refractivity contribution in [1.82, 2.24) is 4.57 Å². The van der Waals surface area contributed by atoms with E-state index in [1.165, 1.54) is 54.6 Å². The lowest BCUT2D eigenvalue weighted by Gasteiger charge is -2.44. The van der Waals surface area contributed by atoms with E-state index in [9.17, 15) is 0 Å². The van der Waals surface area contributed by atoms with E-state index in [1.807, 2.05) is 49.1 Å². The number of thioether (sulfide) groups is 1. The van der Waals surface area contributed by atoms with Crippen LogP contribution >= 0.6 is 24.4 Å². The van der Waals surface area contributed by atoms with Gasteiger partial charge in [-0.25, -0.2) is 0 Å². The van der Waals surface area contributed by atoms with Gasteiger partial charge in [0.2, 0.25) is 0 Å². The molecule has 2 heterocycles. The van der Waals surface area contributed by atoms with E-state index in [0.717, 1.165) is 24.2 Å². The third-order valence-corrected chi connectivity index (χ3v) is 11.6. The third kappa shape index (κ3) is 8.14. The molecule has 1 nitrogen and oxygen atoms in total. The normalized spacial score (nSPS) is 21.7. The second-order valence-corrected chi connectivity index (χ2v) is 14.7. The summed E-state index contributed by atoms with van der Waals surface area (Å²) in [6.07, 6.45) is 40.4. The molecule has 1 aliphatic carbocycles. The summed E-state index contributed by atoms with van der Waals surface area (Å²) in [4.78, 5) is 1.33. The van der Waals surface area contributed by atoms with E-state index in [4.69, 9.17) is 6.58 Å². The van der Waals surface area contributed by atoms with Crippen LogP contribution < -0.4 is 0 Å². The fourth-order valence-corrected chi connectivity index (χ4v) is 9.04. The Morgan fingerprint density at radius 3 is 2.44 bits per heavy atom. The van der Waals surface area contributed by atoms with Crippen LogP contribution in [-0.2, 0) is 0 Å². The Bertz CT molecular complexity index is 2340. The van der Waals surface area contributed by atoms with Crippen LogP contribution in [-0.4, -0.2) is 10.3 Å². The molecule has 0 saturated carbocycles. The molecule has 0 bridgehead atoms. The topological polar surface area (TPSA) is 4.93 Å². The minimum Gasteiger partial charge on any atom is -0.316 e. The molecule has 4 aromatic rings. The highest BCUT2D eigenvalue weighted by Gasteiger charge is 2.43. The predicted octanol–water partition coefficient (Wildman–Crippen LogP) is 14.7. The average Bonchev–Trinajstić information content (AvgIpc) is 3.52. The summed E-state index contributed by atoms with van der Waals surface area (Å²) in [7, 11) is 0. The molecular formula is C51H49NS2. The van der Waals surface area contributed by atoms with Gasteiger partial charge in [0.05, 0.1) is 11.0 Å². The van der Waals surface area contributed by atoms with Crippen molar-refractivity contribution < 1.29 is 0 Å². The van der Waals surface area contributed by atoms with Crippen LogP contribution in [0.25, 0.3) is 39.2 Å². The smallest absolute Gasteiger partial charge is 0.0541 e. The van der Waals surface area contributed by atoms with Gasteiger partial charge < -0.3 is 4.57 Å². The Morgan fingerprint density at radius 1 is 0.852 bits per heavy atom. The molecule has 0 saturated heterocycles. The van der Waals surface area contributed by atoms with Crippen molar-refractivity contribution in [2.24, 2.45) is 11.3 Å². The van der Waals surface area contributed by atoms with Crippen LogP contribution in [0.3, 0.4) is 0 Å². The van der Waals surface area contributed by atoms with E-state index < -0.39 is 5.41 Å². The number of allylic oxidation sites excluding steroid dienone is 20. The van der Waals surface area contributed by atoms with E-state index in [2.05, 4.69) is 183 Å². The third-order valence-electron chi connectivity index (χ3n) is 10.3. The highest BCUT2D eigenvalue weighted by Crippen LogP contribution is 2.56. The summed E-state index contributed by atoms with van der Waals surface area (Å²) in [5.41, 5.74) is 9.29. The van der Waals surface area contributed by atoms with Gasteiger partial charge >= 0.3 is 0 Å². The van der Waals surface area contributed by atoms with Gasteiger partial charge in [0.15, 0.2) is 0 Å². The minimum atomic E-state index is -0.540. The fourth-order valence-electron chi connectivity index (χ4n) is 7.76. The molecule has 54 heavy (non-hydrogen) atoms. The van der Waals surface area contributed by atoms with Crippen molar-refractivity contribution in [1.29, 1.82) is 0 Å². The molecule has 270 valence electrons. The van der Waals surface area contributed by atoms with Crippen molar-refractivity contribution >= 4 is 63.5 Å². The first-order valence-corrected chi connectivity index (χ1v) is 20.2. The Kier molecular flexibility index (Phi) is 13.3. The number of aromatic nitrogens is 1. The maximum Gasteiger partial charge on any atom is 0.0541 e. The highest BCUT2D eigenvalue weighted by molar-refractivity contribution is 8.03. The lowest BCUT2D eigenvalue weighted by atomic mass is 9.60. The Hall–Kier alpha value is -5.22. The van der Waals surface area contributed by atoms with E-state index >= 15 is 0 Å². The molecule has 2 unspecified atom stereocenters. The van der Waals surface area contributed by atoms with E-state index in [-0.39, 0.29) is 5.92 Å². The lowest BCUT2D eigenvalue weighted by molar-refractivity contribution is 0.430. The zero-order chi connectivity index (χ0) is 37.8. The quantitative estimate of drug-likeness (QED) is 0.119. The van der Waals surface area contributed by atoms with Gasteiger partial charge in [-0.3, -0.25) is 0 Å². The van der Waals surface area contributed by atoms with Crippen LogP contribution in [0.15, 0.2) is 211 Å². The first-order chi connectivity index (χ1) is 26.5. The maximum atomic E-state index is 4.87. The monoisotopic (exact) mass is 739 g/mol. The molecule has 1 aliphatic heterocycles. The molecule has 0 fully saturated rings. The number of thiol groups is 1. The van der Waals surface area contributed by atoms with Crippen LogP contribution in [0.2, 0.25) is 0 Å². The average molecular weight is 740 g/mol. The Balaban J connectivity index is 1.61. The van der Waals surface area contributed by atoms with Crippen LogP contribution in [0.1, 0.15) is 37.8 Å². The summed E-state index contributed by atoms with van der Waals surface area (Å²) >= 11 is 6.29. The van der Waals surface area contributed by atoms with Crippen LogP contribution in [0.5, 0.6) is 0 Å². The largest absolute Gasteiger partial charge is 0.316 e. The van der Waals surface area contributed by atoms with Gasteiger partial charge in [0.25, 0.3) is 0 Å². The number of rotatable bonds is 11. The fraction of sp³-hybridized carbons (Fsp3) is 0.137. The first kappa shape index (κ1) is 38.5. The summed E-state index contributed by atoms with van der Waals surface area (Å²) in [6, 6.07) is 26.5. The van der Waals surface area contributed by atoms with E-state index in [0.29, 0.717) is 0 Å². The SMILES string of the molecule is C=C/C=C\C=C/C1(C(=C)/C=C\C=C/S)C2=C(SC/C=C\C=C(\c3ccccc3)C1C)C(c1ccc3c4ccccc4n(C=C/C=C\C=C/C)c3c1)=CCC2.